The first-order valence-electron chi connectivity index (χ1n) is 6.85. The predicted octanol–water partition coefficient (Wildman–Crippen LogP) is 4.32. The first kappa shape index (κ1) is 13.8. The van der Waals surface area contributed by atoms with E-state index in [-0.39, 0.29) is 17.1 Å². The average Bonchev–Trinajstić information content (AvgIpc) is 2.51. The van der Waals surface area contributed by atoms with E-state index in [1.165, 1.54) is 0 Å². The van der Waals surface area contributed by atoms with Crippen LogP contribution in [0.3, 0.4) is 0 Å². The lowest BCUT2D eigenvalue weighted by atomic mass is 9.79. The Kier molecular flexibility index (Phi) is 3.13. The molecule has 0 saturated heterocycles. The minimum absolute atomic E-state index is 0.149. The lowest BCUT2D eigenvalue weighted by molar-refractivity contribution is 0.105. The number of rotatable bonds is 0. The Labute approximate surface area is 129 Å². The highest BCUT2D eigenvalue weighted by atomic mass is 16.1. The van der Waals surface area contributed by atoms with Crippen LogP contribution in [0.1, 0.15) is 27.0 Å². The molecule has 2 aromatic carbocycles. The third-order valence-corrected chi connectivity index (χ3v) is 3.84. The van der Waals surface area contributed by atoms with E-state index in [1.807, 2.05) is 56.3 Å². The molecule has 0 atom stereocenters. The first-order valence-corrected chi connectivity index (χ1v) is 6.85. The molecule has 3 heteroatoms. The van der Waals surface area contributed by atoms with Crippen molar-refractivity contribution >= 4 is 11.4 Å². The van der Waals surface area contributed by atoms with E-state index in [2.05, 4.69) is 4.85 Å². The maximum Gasteiger partial charge on any atom is 0.273 e. The summed E-state index contributed by atoms with van der Waals surface area (Å²) in [5.41, 5.74) is 5.02. The summed E-state index contributed by atoms with van der Waals surface area (Å²) >= 11 is 0. The van der Waals surface area contributed by atoms with Crippen molar-refractivity contribution in [2.75, 3.05) is 0 Å². The summed E-state index contributed by atoms with van der Waals surface area (Å²) in [6, 6.07) is 13.4. The Morgan fingerprint density at radius 2 is 1.55 bits per heavy atom. The second-order valence-corrected chi connectivity index (χ2v) is 5.37. The van der Waals surface area contributed by atoms with Gasteiger partial charge in [0.1, 0.15) is 0 Å². The number of aryl methyl sites for hydroxylation is 2. The Balaban J connectivity index is 2.47. The van der Waals surface area contributed by atoms with Crippen molar-refractivity contribution in [1.29, 1.82) is 5.26 Å². The van der Waals surface area contributed by atoms with Gasteiger partial charge in [0.25, 0.3) is 5.70 Å². The second-order valence-electron chi connectivity index (χ2n) is 5.37. The van der Waals surface area contributed by atoms with E-state index in [1.54, 1.807) is 0 Å². The molecule has 0 saturated carbocycles. The third kappa shape index (κ3) is 1.92. The van der Waals surface area contributed by atoms with Crippen LogP contribution in [0.2, 0.25) is 0 Å². The smallest absolute Gasteiger partial charge is 0.273 e. The van der Waals surface area contributed by atoms with Crippen LogP contribution in [-0.4, -0.2) is 5.78 Å². The number of hydrogen-bond donors (Lipinski definition) is 0. The summed E-state index contributed by atoms with van der Waals surface area (Å²) < 4.78 is 0. The molecule has 0 bridgehead atoms. The number of allylic oxidation sites excluding steroid dienone is 2. The van der Waals surface area contributed by atoms with Crippen molar-refractivity contribution in [3.63, 3.8) is 0 Å². The molecule has 0 unspecified atom stereocenters. The fourth-order valence-electron chi connectivity index (χ4n) is 2.81. The second kappa shape index (κ2) is 4.98. The van der Waals surface area contributed by atoms with Crippen molar-refractivity contribution < 1.29 is 4.79 Å². The molecule has 0 fully saturated rings. The molecule has 3 nitrogen and oxygen atoms in total. The molecule has 0 spiro atoms. The number of benzene rings is 2. The van der Waals surface area contributed by atoms with Gasteiger partial charge in [-0.15, -0.1) is 0 Å². The van der Waals surface area contributed by atoms with E-state index < -0.39 is 0 Å². The number of fused-ring (bicyclic) bond motifs is 3. The number of Topliss-reactive ketones (excluding diaryl/α,β-unsaturated/α-hetero) is 1. The standard InChI is InChI=1S/C19H12N2O/c1-11-4-6-13-14-7-5-12(2)9-16(14)19(22)18(15(13)8-11)17(10-20)21-3/h4-9H,1-2H3/b18-17-. The van der Waals surface area contributed by atoms with E-state index >= 15 is 0 Å². The largest absolute Gasteiger partial charge is 0.290 e. The van der Waals surface area contributed by atoms with Crippen LogP contribution in [0.4, 0.5) is 0 Å². The van der Waals surface area contributed by atoms with Crippen molar-refractivity contribution in [2.24, 2.45) is 0 Å². The molecule has 0 aliphatic heterocycles. The van der Waals surface area contributed by atoms with Crippen molar-refractivity contribution in [2.45, 2.75) is 13.8 Å². The third-order valence-electron chi connectivity index (χ3n) is 3.84. The number of nitrogens with zero attached hydrogens (tertiary/aromatic N) is 2. The summed E-state index contributed by atoms with van der Waals surface area (Å²) in [6.07, 6.45) is 0. The summed E-state index contributed by atoms with van der Waals surface area (Å²) in [5, 5.41) is 9.22. The van der Waals surface area contributed by atoms with Gasteiger partial charge >= 0.3 is 0 Å². The van der Waals surface area contributed by atoms with Gasteiger partial charge in [0.15, 0.2) is 5.78 Å². The summed E-state index contributed by atoms with van der Waals surface area (Å²) in [5.74, 6) is -0.246. The molecule has 0 amide bonds. The predicted molar refractivity (Wildman–Crippen MR) is 84.8 cm³/mol. The zero-order valence-corrected chi connectivity index (χ0v) is 12.3. The molecule has 104 valence electrons. The van der Waals surface area contributed by atoms with E-state index in [0.29, 0.717) is 11.1 Å². The van der Waals surface area contributed by atoms with Crippen molar-refractivity contribution in [1.82, 2.24) is 0 Å². The lowest BCUT2D eigenvalue weighted by Gasteiger charge is -2.22. The molecular weight excluding hydrogens is 272 g/mol. The maximum absolute atomic E-state index is 12.8. The van der Waals surface area contributed by atoms with Crippen LogP contribution in [0, 0.1) is 31.8 Å². The quantitative estimate of drug-likeness (QED) is 0.411. The summed E-state index contributed by atoms with van der Waals surface area (Å²) in [4.78, 5) is 16.1. The van der Waals surface area contributed by atoms with Crippen LogP contribution in [0.5, 0.6) is 0 Å². The Bertz CT molecular complexity index is 921. The summed E-state index contributed by atoms with van der Waals surface area (Å²) in [7, 11) is 0. The monoisotopic (exact) mass is 284 g/mol. The van der Waals surface area contributed by atoms with Gasteiger partial charge in [-0.05, 0) is 36.6 Å². The fourth-order valence-corrected chi connectivity index (χ4v) is 2.81. The van der Waals surface area contributed by atoms with Gasteiger partial charge in [0, 0.05) is 11.1 Å². The summed E-state index contributed by atoms with van der Waals surface area (Å²) in [6.45, 7) is 11.0. The number of carbonyl (C=O) groups is 1. The van der Waals surface area contributed by atoms with Gasteiger partial charge in [0.2, 0.25) is 0 Å². The zero-order chi connectivity index (χ0) is 15.9. The Morgan fingerprint density at radius 3 is 2.09 bits per heavy atom. The molecule has 2 aromatic rings. The number of nitriles is 1. The number of hydrogen-bond acceptors (Lipinski definition) is 2. The van der Waals surface area contributed by atoms with Crippen molar-refractivity contribution in [3.05, 3.63) is 75.8 Å². The molecule has 0 N–H and O–H groups in total. The van der Waals surface area contributed by atoms with Gasteiger partial charge in [0.05, 0.1) is 12.6 Å². The highest BCUT2D eigenvalue weighted by Crippen LogP contribution is 2.41. The van der Waals surface area contributed by atoms with Gasteiger partial charge in [-0.1, -0.05) is 41.5 Å². The molecule has 0 radical (unpaired) electrons. The molecular formula is C19H12N2O. The average molecular weight is 284 g/mol. The van der Waals surface area contributed by atoms with Gasteiger partial charge in [-0.3, -0.25) is 4.79 Å². The zero-order valence-electron chi connectivity index (χ0n) is 12.3. The van der Waals surface area contributed by atoms with E-state index in [0.717, 1.165) is 22.3 Å². The van der Waals surface area contributed by atoms with Gasteiger partial charge in [-0.25, -0.2) is 10.1 Å². The van der Waals surface area contributed by atoms with E-state index in [9.17, 15) is 10.1 Å². The minimum atomic E-state index is -0.246. The SMILES string of the molecule is [C-]#[N+]/C(C#N)=C1\C(=O)c2cc(C)ccc2-c2ccc(C)cc21. The molecule has 1 aliphatic carbocycles. The Hall–Kier alpha value is -3.17. The van der Waals surface area contributed by atoms with E-state index in [4.69, 9.17) is 6.57 Å². The maximum atomic E-state index is 12.8. The Morgan fingerprint density at radius 1 is 1.00 bits per heavy atom. The molecule has 3 rings (SSSR count). The van der Waals surface area contributed by atoms with Gasteiger partial charge in [-0.2, -0.15) is 0 Å². The molecule has 1 aliphatic rings. The van der Waals surface area contributed by atoms with Crippen LogP contribution in [0.25, 0.3) is 21.5 Å². The lowest BCUT2D eigenvalue weighted by Crippen LogP contribution is -2.13. The van der Waals surface area contributed by atoms with Crippen LogP contribution in [-0.2, 0) is 0 Å². The molecule has 0 heterocycles. The first-order chi connectivity index (χ1) is 10.6. The highest BCUT2D eigenvalue weighted by Gasteiger charge is 2.29. The molecule has 22 heavy (non-hydrogen) atoms. The minimum Gasteiger partial charge on any atom is -0.290 e. The number of ketones is 1. The van der Waals surface area contributed by atoms with Crippen LogP contribution >= 0.6 is 0 Å². The van der Waals surface area contributed by atoms with Gasteiger partial charge < -0.3 is 0 Å². The fraction of sp³-hybridized carbons (Fsp3) is 0.105. The topological polar surface area (TPSA) is 45.2 Å². The highest BCUT2D eigenvalue weighted by molar-refractivity contribution is 6.35. The van der Waals surface area contributed by atoms with Crippen LogP contribution in [0.15, 0.2) is 42.1 Å². The normalized spacial score (nSPS) is 14.5. The molecule has 0 aromatic heterocycles. The van der Waals surface area contributed by atoms with Crippen molar-refractivity contribution in [3.8, 4) is 17.2 Å². The number of carbonyl (C=O) groups excluding carboxylic acids is 1. The van der Waals surface area contributed by atoms with Crippen LogP contribution < -0.4 is 0 Å².